The molecule has 1 aliphatic heterocycles. The monoisotopic (exact) mass is 323 g/mol. The van der Waals surface area contributed by atoms with Gasteiger partial charge in [0.1, 0.15) is 0 Å². The molecule has 0 bridgehead atoms. The standard InChI is InChI=1S/C19H33NO3/c1-15(2)8-10-19(14-22)9-3-11-20(13-19)18(23)17-6-4-16(12-21)5-7-17/h8,16-17,21-22H,3-7,9-14H2,1-2H3/t16?,17?,19-/m0/s1. The van der Waals surface area contributed by atoms with Crippen molar-refractivity contribution in [1.29, 1.82) is 0 Å². The Morgan fingerprint density at radius 1 is 1.22 bits per heavy atom. The largest absolute Gasteiger partial charge is 0.396 e. The van der Waals surface area contributed by atoms with E-state index in [-0.39, 0.29) is 30.5 Å². The minimum Gasteiger partial charge on any atom is -0.396 e. The fraction of sp³-hybridized carbons (Fsp3) is 0.842. The maximum Gasteiger partial charge on any atom is 0.225 e. The number of amides is 1. The van der Waals surface area contributed by atoms with Crippen molar-refractivity contribution in [2.75, 3.05) is 26.3 Å². The molecule has 1 aliphatic carbocycles. The molecule has 0 aromatic rings. The third-order valence-corrected chi connectivity index (χ3v) is 5.71. The number of piperidine rings is 1. The normalized spacial score (nSPS) is 31.7. The number of aliphatic hydroxyl groups excluding tert-OH is 2. The van der Waals surface area contributed by atoms with E-state index >= 15 is 0 Å². The van der Waals surface area contributed by atoms with E-state index in [0.717, 1.165) is 51.5 Å². The maximum atomic E-state index is 12.9. The average molecular weight is 323 g/mol. The Hall–Kier alpha value is -0.870. The van der Waals surface area contributed by atoms with E-state index in [4.69, 9.17) is 0 Å². The third-order valence-electron chi connectivity index (χ3n) is 5.71. The molecule has 1 atom stereocenters. The highest BCUT2D eigenvalue weighted by molar-refractivity contribution is 5.79. The fourth-order valence-electron chi connectivity index (χ4n) is 4.03. The Morgan fingerprint density at radius 3 is 2.48 bits per heavy atom. The van der Waals surface area contributed by atoms with Crippen molar-refractivity contribution in [2.45, 2.75) is 58.8 Å². The van der Waals surface area contributed by atoms with E-state index in [9.17, 15) is 15.0 Å². The van der Waals surface area contributed by atoms with E-state index in [1.54, 1.807) is 0 Å². The van der Waals surface area contributed by atoms with Crippen LogP contribution < -0.4 is 0 Å². The van der Waals surface area contributed by atoms with Gasteiger partial charge in [0.15, 0.2) is 0 Å². The Balaban J connectivity index is 1.96. The van der Waals surface area contributed by atoms with E-state index in [2.05, 4.69) is 19.9 Å². The molecule has 4 heteroatoms. The Bertz CT molecular complexity index is 422. The third kappa shape index (κ3) is 4.80. The molecule has 1 saturated heterocycles. The molecular formula is C19H33NO3. The van der Waals surface area contributed by atoms with Crippen molar-refractivity contribution < 1.29 is 15.0 Å². The number of aliphatic hydroxyl groups is 2. The molecule has 1 heterocycles. The lowest BCUT2D eigenvalue weighted by Crippen LogP contribution is -2.49. The van der Waals surface area contributed by atoms with E-state index in [1.807, 2.05) is 4.90 Å². The number of hydrogen-bond acceptors (Lipinski definition) is 3. The molecule has 0 radical (unpaired) electrons. The number of rotatable bonds is 5. The van der Waals surface area contributed by atoms with Gasteiger partial charge in [0.2, 0.25) is 5.91 Å². The van der Waals surface area contributed by atoms with Gasteiger partial charge in [-0.25, -0.2) is 0 Å². The lowest BCUT2D eigenvalue weighted by Gasteiger charge is -2.43. The van der Waals surface area contributed by atoms with Crippen LogP contribution in [0.25, 0.3) is 0 Å². The molecule has 0 aromatic carbocycles. The Kier molecular flexibility index (Phi) is 6.66. The van der Waals surface area contributed by atoms with Crippen LogP contribution in [0.1, 0.15) is 58.8 Å². The first-order chi connectivity index (χ1) is 11.0. The van der Waals surface area contributed by atoms with Gasteiger partial charge in [-0.1, -0.05) is 11.6 Å². The van der Waals surface area contributed by atoms with Crippen LogP contribution in [0.3, 0.4) is 0 Å². The van der Waals surface area contributed by atoms with Gasteiger partial charge in [-0.15, -0.1) is 0 Å². The van der Waals surface area contributed by atoms with Gasteiger partial charge in [-0.2, -0.15) is 0 Å². The Morgan fingerprint density at radius 2 is 1.91 bits per heavy atom. The van der Waals surface area contributed by atoms with E-state index in [1.165, 1.54) is 5.57 Å². The van der Waals surface area contributed by atoms with Crippen LogP contribution in [0.4, 0.5) is 0 Å². The summed E-state index contributed by atoms with van der Waals surface area (Å²) in [6, 6.07) is 0. The van der Waals surface area contributed by atoms with Crippen LogP contribution in [0.2, 0.25) is 0 Å². The molecule has 1 amide bonds. The summed E-state index contributed by atoms with van der Waals surface area (Å²) in [6.07, 6.45) is 8.75. The van der Waals surface area contributed by atoms with Crippen molar-refractivity contribution in [2.24, 2.45) is 17.3 Å². The minimum atomic E-state index is -0.159. The highest BCUT2D eigenvalue weighted by Crippen LogP contribution is 2.36. The summed E-state index contributed by atoms with van der Waals surface area (Å²) < 4.78 is 0. The van der Waals surface area contributed by atoms with E-state index < -0.39 is 0 Å². The summed E-state index contributed by atoms with van der Waals surface area (Å²) in [5.41, 5.74) is 1.11. The number of carbonyl (C=O) groups excluding carboxylic acids is 1. The number of allylic oxidation sites excluding steroid dienone is 2. The molecule has 2 N–H and O–H groups in total. The molecule has 0 unspecified atom stereocenters. The summed E-state index contributed by atoms with van der Waals surface area (Å²) in [4.78, 5) is 14.9. The highest BCUT2D eigenvalue weighted by atomic mass is 16.3. The average Bonchev–Trinajstić information content (AvgIpc) is 2.59. The minimum absolute atomic E-state index is 0.121. The molecular weight excluding hydrogens is 290 g/mol. The second kappa shape index (κ2) is 8.29. The summed E-state index contributed by atoms with van der Waals surface area (Å²) >= 11 is 0. The first kappa shape index (κ1) is 18.5. The fourth-order valence-corrected chi connectivity index (χ4v) is 4.03. The SMILES string of the molecule is CC(C)=CC[C@@]1(CO)CCCN(C(=O)C2CCC(CO)CC2)C1. The van der Waals surface area contributed by atoms with Gasteiger partial charge in [0, 0.05) is 31.0 Å². The van der Waals surface area contributed by atoms with Crippen LogP contribution in [0.5, 0.6) is 0 Å². The molecule has 2 aliphatic rings. The van der Waals surface area contributed by atoms with Crippen molar-refractivity contribution in [3.8, 4) is 0 Å². The zero-order valence-corrected chi connectivity index (χ0v) is 14.8. The van der Waals surface area contributed by atoms with Gasteiger partial charge in [-0.05, 0) is 64.7 Å². The van der Waals surface area contributed by atoms with Crippen molar-refractivity contribution in [3.05, 3.63) is 11.6 Å². The molecule has 4 nitrogen and oxygen atoms in total. The van der Waals surface area contributed by atoms with Crippen LogP contribution in [0.15, 0.2) is 11.6 Å². The molecule has 23 heavy (non-hydrogen) atoms. The number of likely N-dealkylation sites (tertiary alicyclic amines) is 1. The first-order valence-electron chi connectivity index (χ1n) is 9.13. The molecule has 132 valence electrons. The van der Waals surface area contributed by atoms with Crippen LogP contribution in [-0.2, 0) is 4.79 Å². The summed E-state index contributed by atoms with van der Waals surface area (Å²) in [5, 5.41) is 19.2. The zero-order valence-electron chi connectivity index (χ0n) is 14.8. The van der Waals surface area contributed by atoms with Crippen LogP contribution in [0, 0.1) is 17.3 Å². The molecule has 2 rings (SSSR count). The van der Waals surface area contributed by atoms with Gasteiger partial charge in [0.25, 0.3) is 0 Å². The van der Waals surface area contributed by atoms with Crippen LogP contribution >= 0.6 is 0 Å². The van der Waals surface area contributed by atoms with Crippen LogP contribution in [-0.4, -0.2) is 47.3 Å². The summed E-state index contributed by atoms with van der Waals surface area (Å²) in [7, 11) is 0. The summed E-state index contributed by atoms with van der Waals surface area (Å²) in [6.45, 7) is 6.08. The highest BCUT2D eigenvalue weighted by Gasteiger charge is 2.38. The van der Waals surface area contributed by atoms with Gasteiger partial charge in [-0.3, -0.25) is 4.79 Å². The maximum absolute atomic E-state index is 12.9. The molecule has 0 spiro atoms. The molecule has 1 saturated carbocycles. The van der Waals surface area contributed by atoms with Crippen molar-refractivity contribution in [3.63, 3.8) is 0 Å². The lowest BCUT2D eigenvalue weighted by molar-refractivity contribution is -0.141. The summed E-state index contributed by atoms with van der Waals surface area (Å²) in [5.74, 6) is 0.779. The molecule has 2 fully saturated rings. The number of hydrogen-bond donors (Lipinski definition) is 2. The van der Waals surface area contributed by atoms with Gasteiger partial charge in [0.05, 0.1) is 6.61 Å². The van der Waals surface area contributed by atoms with Gasteiger partial charge < -0.3 is 15.1 Å². The lowest BCUT2D eigenvalue weighted by atomic mass is 9.76. The van der Waals surface area contributed by atoms with Crippen molar-refractivity contribution in [1.82, 2.24) is 4.90 Å². The predicted octanol–water partition coefficient (Wildman–Crippen LogP) is 2.74. The predicted molar refractivity (Wildman–Crippen MR) is 91.9 cm³/mol. The van der Waals surface area contributed by atoms with Crippen molar-refractivity contribution >= 4 is 5.91 Å². The quantitative estimate of drug-likeness (QED) is 0.765. The Labute approximate surface area is 140 Å². The first-order valence-corrected chi connectivity index (χ1v) is 9.13. The van der Waals surface area contributed by atoms with E-state index in [0.29, 0.717) is 12.5 Å². The second-order valence-corrected chi connectivity index (χ2v) is 7.91. The smallest absolute Gasteiger partial charge is 0.225 e. The molecule has 0 aromatic heterocycles. The van der Waals surface area contributed by atoms with Gasteiger partial charge >= 0.3 is 0 Å². The zero-order chi connectivity index (χ0) is 16.9. The topological polar surface area (TPSA) is 60.8 Å². The number of nitrogens with zero attached hydrogens (tertiary/aromatic N) is 1. The second-order valence-electron chi connectivity index (χ2n) is 7.91. The number of carbonyl (C=O) groups is 1.